The first-order valence-corrected chi connectivity index (χ1v) is 8.66. The SMILES string of the molecule is Cc1c(Br)cncc1-c1nc(-c2ccc(-n3c(C)c[nH]c3=O)cc2)no1. The van der Waals surface area contributed by atoms with Crippen molar-refractivity contribution in [3.63, 3.8) is 0 Å². The molecule has 3 heterocycles. The van der Waals surface area contributed by atoms with Crippen LogP contribution >= 0.6 is 15.9 Å². The fourth-order valence-corrected chi connectivity index (χ4v) is 3.03. The highest BCUT2D eigenvalue weighted by atomic mass is 79.9. The topological polar surface area (TPSA) is 89.6 Å². The maximum Gasteiger partial charge on any atom is 0.330 e. The van der Waals surface area contributed by atoms with Crippen molar-refractivity contribution in [2.45, 2.75) is 13.8 Å². The molecule has 7 nitrogen and oxygen atoms in total. The molecule has 0 atom stereocenters. The minimum Gasteiger partial charge on any atom is -0.334 e. The smallest absolute Gasteiger partial charge is 0.330 e. The van der Waals surface area contributed by atoms with Gasteiger partial charge in [0.15, 0.2) is 0 Å². The average molecular weight is 412 g/mol. The maximum atomic E-state index is 11.9. The third-order valence-corrected chi connectivity index (χ3v) is 4.95. The number of aromatic nitrogens is 5. The van der Waals surface area contributed by atoms with Crippen molar-refractivity contribution in [1.82, 2.24) is 24.7 Å². The number of nitrogens with one attached hydrogen (secondary N) is 1. The molecule has 130 valence electrons. The Hall–Kier alpha value is -3.00. The van der Waals surface area contributed by atoms with Crippen LogP contribution in [0, 0.1) is 13.8 Å². The predicted molar refractivity (Wildman–Crippen MR) is 100 cm³/mol. The Morgan fingerprint density at radius 3 is 2.62 bits per heavy atom. The van der Waals surface area contributed by atoms with Crippen LogP contribution in [0.1, 0.15) is 11.3 Å². The van der Waals surface area contributed by atoms with E-state index in [0.29, 0.717) is 11.7 Å². The van der Waals surface area contributed by atoms with Crippen molar-refractivity contribution < 1.29 is 4.52 Å². The number of pyridine rings is 1. The zero-order chi connectivity index (χ0) is 18.3. The van der Waals surface area contributed by atoms with Crippen LogP contribution in [0.25, 0.3) is 28.5 Å². The maximum absolute atomic E-state index is 11.9. The lowest BCUT2D eigenvalue weighted by Gasteiger charge is -2.04. The summed E-state index contributed by atoms with van der Waals surface area (Å²) in [6.07, 6.45) is 5.09. The van der Waals surface area contributed by atoms with E-state index in [1.807, 2.05) is 38.1 Å². The zero-order valence-corrected chi connectivity index (χ0v) is 15.6. The molecule has 0 saturated heterocycles. The van der Waals surface area contributed by atoms with E-state index in [9.17, 15) is 4.79 Å². The summed E-state index contributed by atoms with van der Waals surface area (Å²) in [7, 11) is 0. The second kappa shape index (κ2) is 6.38. The van der Waals surface area contributed by atoms with E-state index in [-0.39, 0.29) is 5.69 Å². The van der Waals surface area contributed by atoms with Gasteiger partial charge in [-0.1, -0.05) is 5.16 Å². The van der Waals surface area contributed by atoms with Crippen LogP contribution in [0.3, 0.4) is 0 Å². The molecule has 1 N–H and O–H groups in total. The van der Waals surface area contributed by atoms with Crippen LogP contribution in [-0.4, -0.2) is 24.7 Å². The van der Waals surface area contributed by atoms with Gasteiger partial charge in [0.1, 0.15) is 0 Å². The molecule has 0 aliphatic rings. The first kappa shape index (κ1) is 16.5. The van der Waals surface area contributed by atoms with Crippen LogP contribution in [0.5, 0.6) is 0 Å². The van der Waals surface area contributed by atoms with Crippen molar-refractivity contribution >= 4 is 15.9 Å². The van der Waals surface area contributed by atoms with Crippen molar-refractivity contribution in [2.75, 3.05) is 0 Å². The molecule has 0 bridgehead atoms. The first-order valence-electron chi connectivity index (χ1n) is 7.86. The predicted octanol–water partition coefficient (Wildman–Crippen LogP) is 3.66. The largest absolute Gasteiger partial charge is 0.334 e. The van der Waals surface area contributed by atoms with Gasteiger partial charge < -0.3 is 9.51 Å². The van der Waals surface area contributed by atoms with Gasteiger partial charge in [0.2, 0.25) is 5.82 Å². The van der Waals surface area contributed by atoms with Crippen molar-refractivity contribution in [1.29, 1.82) is 0 Å². The van der Waals surface area contributed by atoms with Crippen LogP contribution in [-0.2, 0) is 0 Å². The van der Waals surface area contributed by atoms with E-state index in [4.69, 9.17) is 4.52 Å². The van der Waals surface area contributed by atoms with E-state index in [2.05, 4.69) is 36.0 Å². The lowest BCUT2D eigenvalue weighted by molar-refractivity contribution is 0.432. The molecule has 1 aromatic carbocycles. The Balaban J connectivity index is 1.68. The molecule has 0 aliphatic carbocycles. The molecule has 3 aromatic heterocycles. The van der Waals surface area contributed by atoms with Gasteiger partial charge in [0, 0.05) is 34.3 Å². The third kappa shape index (κ3) is 2.78. The van der Waals surface area contributed by atoms with E-state index in [0.717, 1.165) is 32.5 Å². The first-order chi connectivity index (χ1) is 12.5. The molecule has 0 spiro atoms. The number of H-pyrrole nitrogens is 1. The molecule has 4 rings (SSSR count). The van der Waals surface area contributed by atoms with Crippen molar-refractivity contribution in [2.24, 2.45) is 0 Å². The third-order valence-electron chi connectivity index (χ3n) is 4.15. The monoisotopic (exact) mass is 411 g/mol. The normalized spacial score (nSPS) is 11.0. The Morgan fingerprint density at radius 1 is 1.15 bits per heavy atom. The summed E-state index contributed by atoms with van der Waals surface area (Å²) in [5.74, 6) is 0.886. The van der Waals surface area contributed by atoms with Gasteiger partial charge in [0.05, 0.1) is 11.3 Å². The highest BCUT2D eigenvalue weighted by Crippen LogP contribution is 2.28. The Morgan fingerprint density at radius 2 is 1.92 bits per heavy atom. The Kier molecular flexibility index (Phi) is 4.04. The molecular formula is C18H14BrN5O2. The van der Waals surface area contributed by atoms with Crippen LogP contribution < -0.4 is 5.69 Å². The van der Waals surface area contributed by atoms with Crippen LogP contribution in [0.4, 0.5) is 0 Å². The zero-order valence-electron chi connectivity index (χ0n) is 14.0. The molecule has 8 heteroatoms. The summed E-state index contributed by atoms with van der Waals surface area (Å²) in [4.78, 5) is 23.2. The molecule has 0 aliphatic heterocycles. The molecule has 4 aromatic rings. The lowest BCUT2D eigenvalue weighted by atomic mass is 10.1. The van der Waals surface area contributed by atoms with Crippen LogP contribution in [0.15, 0.2) is 56.6 Å². The number of aromatic amines is 1. The molecule has 0 amide bonds. The number of benzene rings is 1. The summed E-state index contributed by atoms with van der Waals surface area (Å²) in [6, 6.07) is 7.41. The van der Waals surface area contributed by atoms with Gasteiger partial charge in [-0.25, -0.2) is 4.79 Å². The van der Waals surface area contributed by atoms with E-state index < -0.39 is 0 Å². The highest BCUT2D eigenvalue weighted by molar-refractivity contribution is 9.10. The summed E-state index contributed by atoms with van der Waals surface area (Å²) in [6.45, 7) is 3.82. The average Bonchev–Trinajstić information content (AvgIpc) is 3.25. The number of nitrogens with zero attached hydrogens (tertiary/aromatic N) is 4. The quantitative estimate of drug-likeness (QED) is 0.555. The molecular weight excluding hydrogens is 398 g/mol. The summed E-state index contributed by atoms with van der Waals surface area (Å²) in [5, 5.41) is 4.06. The molecule has 26 heavy (non-hydrogen) atoms. The van der Waals surface area contributed by atoms with Gasteiger partial charge in [-0.2, -0.15) is 4.98 Å². The number of imidazole rings is 1. The van der Waals surface area contributed by atoms with E-state index in [1.54, 1.807) is 23.2 Å². The van der Waals surface area contributed by atoms with Gasteiger partial charge in [-0.3, -0.25) is 9.55 Å². The number of rotatable bonds is 3. The number of aryl methyl sites for hydroxylation is 1. The highest BCUT2D eigenvalue weighted by Gasteiger charge is 2.14. The van der Waals surface area contributed by atoms with Gasteiger partial charge in [0.25, 0.3) is 5.89 Å². The molecule has 0 saturated carbocycles. The minimum absolute atomic E-state index is 0.172. The number of halogens is 1. The summed E-state index contributed by atoms with van der Waals surface area (Å²) in [5.41, 5.74) is 3.99. The molecule has 0 fully saturated rings. The van der Waals surface area contributed by atoms with Crippen LogP contribution in [0.2, 0.25) is 0 Å². The number of hydrogen-bond donors (Lipinski definition) is 1. The second-order valence-electron chi connectivity index (χ2n) is 5.83. The van der Waals surface area contributed by atoms with Crippen molar-refractivity contribution in [3.05, 3.63) is 69.1 Å². The molecule has 0 unspecified atom stereocenters. The van der Waals surface area contributed by atoms with E-state index in [1.165, 1.54) is 0 Å². The van der Waals surface area contributed by atoms with Gasteiger partial charge >= 0.3 is 5.69 Å². The lowest BCUT2D eigenvalue weighted by Crippen LogP contribution is -2.15. The minimum atomic E-state index is -0.172. The van der Waals surface area contributed by atoms with Crippen molar-refractivity contribution in [3.8, 4) is 28.5 Å². The van der Waals surface area contributed by atoms with E-state index >= 15 is 0 Å². The Bertz CT molecular complexity index is 1140. The summed E-state index contributed by atoms with van der Waals surface area (Å²) >= 11 is 3.45. The second-order valence-corrected chi connectivity index (χ2v) is 6.69. The standard InChI is InChI=1S/C18H14BrN5O2/c1-10-7-21-18(25)24(10)13-5-3-12(4-6-13)16-22-17(26-23-16)14-8-20-9-15(19)11(14)2/h3-9H,1-2H3,(H,21,25). The fourth-order valence-electron chi connectivity index (χ4n) is 2.70. The van der Waals surface area contributed by atoms with Gasteiger partial charge in [-0.15, -0.1) is 0 Å². The summed E-state index contributed by atoms with van der Waals surface area (Å²) < 4.78 is 7.88. The molecule has 0 radical (unpaired) electrons. The Labute approximate surface area is 156 Å². The van der Waals surface area contributed by atoms with Gasteiger partial charge in [-0.05, 0) is 59.6 Å². The number of hydrogen-bond acceptors (Lipinski definition) is 5. The fraction of sp³-hybridized carbons (Fsp3) is 0.111.